The Morgan fingerprint density at radius 1 is 1.50 bits per heavy atom. The van der Waals surface area contributed by atoms with Gasteiger partial charge in [-0.25, -0.2) is 4.98 Å². The summed E-state index contributed by atoms with van der Waals surface area (Å²) in [5.41, 5.74) is 3.62. The number of anilines is 1. The lowest BCUT2D eigenvalue weighted by Gasteiger charge is -1.97. The minimum atomic E-state index is -0.943. The zero-order chi connectivity index (χ0) is 11.4. The van der Waals surface area contributed by atoms with Gasteiger partial charge in [-0.05, 0) is 12.1 Å². The maximum atomic E-state index is 9.02. The molecule has 0 saturated carbocycles. The largest absolute Gasteiger partial charge is 0.393 e. The topological polar surface area (TPSA) is 77.7 Å². The van der Waals surface area contributed by atoms with Crippen LogP contribution in [0.25, 0.3) is 10.2 Å². The van der Waals surface area contributed by atoms with Crippen LogP contribution in [0.2, 0.25) is 0 Å². The Bertz CT molecular complexity index is 465. The van der Waals surface area contributed by atoms with Gasteiger partial charge in [-0.3, -0.25) is 5.43 Å². The Hall–Kier alpha value is -1.50. The van der Waals surface area contributed by atoms with Gasteiger partial charge in [0.15, 0.2) is 0 Å². The van der Waals surface area contributed by atoms with Crippen molar-refractivity contribution in [3.8, 4) is 0 Å². The molecule has 2 rings (SSSR count). The molecule has 0 saturated heterocycles. The first-order valence-electron chi connectivity index (χ1n) is 4.73. The molecule has 1 heterocycles. The highest BCUT2D eigenvalue weighted by Crippen LogP contribution is 2.25. The molecule has 16 heavy (non-hydrogen) atoms. The number of hydrazone groups is 1. The standard InChI is InChI=1S/C10H11N3O2S/c14-6-7(15)5-11-13-10-12-8-3-1-2-4-9(8)16-10/h1-5,7,14-15H,6H2,(H,12,13)/b11-5-/t7-/m0/s1. The van der Waals surface area contributed by atoms with E-state index in [2.05, 4.69) is 15.5 Å². The summed E-state index contributed by atoms with van der Waals surface area (Å²) in [5, 5.41) is 22.0. The number of aliphatic hydroxyl groups excluding tert-OH is 2. The Kier molecular flexibility index (Phi) is 3.45. The van der Waals surface area contributed by atoms with Crippen LogP contribution in [-0.2, 0) is 0 Å². The van der Waals surface area contributed by atoms with E-state index in [0.29, 0.717) is 5.13 Å². The van der Waals surface area contributed by atoms with Crippen molar-refractivity contribution in [2.24, 2.45) is 5.10 Å². The van der Waals surface area contributed by atoms with Gasteiger partial charge in [-0.1, -0.05) is 23.5 Å². The number of nitrogens with one attached hydrogen (secondary N) is 1. The van der Waals surface area contributed by atoms with E-state index in [4.69, 9.17) is 10.2 Å². The van der Waals surface area contributed by atoms with Crippen molar-refractivity contribution in [3.05, 3.63) is 24.3 Å². The molecule has 0 spiro atoms. The lowest BCUT2D eigenvalue weighted by atomic mass is 10.3. The number of rotatable bonds is 4. The normalized spacial score (nSPS) is 13.4. The molecule has 1 atom stereocenters. The van der Waals surface area contributed by atoms with Crippen LogP contribution in [0.1, 0.15) is 0 Å². The number of para-hydroxylation sites is 1. The summed E-state index contributed by atoms with van der Waals surface area (Å²) in [7, 11) is 0. The summed E-state index contributed by atoms with van der Waals surface area (Å²) in [5.74, 6) is 0. The van der Waals surface area contributed by atoms with Crippen LogP contribution in [0.4, 0.5) is 5.13 Å². The third-order valence-corrected chi connectivity index (χ3v) is 2.83. The highest BCUT2D eigenvalue weighted by atomic mass is 32.1. The fourth-order valence-corrected chi connectivity index (χ4v) is 1.96. The molecule has 0 fully saturated rings. The molecule has 1 aromatic heterocycles. The molecule has 0 aliphatic carbocycles. The number of hydrogen-bond donors (Lipinski definition) is 3. The van der Waals surface area contributed by atoms with Crippen LogP contribution in [0.3, 0.4) is 0 Å². The first kappa shape index (κ1) is 11.0. The van der Waals surface area contributed by atoms with E-state index in [1.165, 1.54) is 17.6 Å². The van der Waals surface area contributed by atoms with Crippen molar-refractivity contribution in [2.75, 3.05) is 12.0 Å². The lowest BCUT2D eigenvalue weighted by molar-refractivity contribution is 0.148. The second-order valence-electron chi connectivity index (χ2n) is 3.13. The summed E-state index contributed by atoms with van der Waals surface area (Å²) in [6.07, 6.45) is 0.286. The molecule has 0 amide bonds. The van der Waals surface area contributed by atoms with E-state index < -0.39 is 6.10 Å². The number of fused-ring (bicyclic) bond motifs is 1. The van der Waals surface area contributed by atoms with Crippen LogP contribution in [0, 0.1) is 0 Å². The lowest BCUT2D eigenvalue weighted by Crippen LogP contribution is -2.13. The molecule has 1 aromatic carbocycles. The second kappa shape index (κ2) is 5.02. The first-order chi connectivity index (χ1) is 7.79. The number of aliphatic hydroxyl groups is 2. The highest BCUT2D eigenvalue weighted by Gasteiger charge is 2.01. The van der Waals surface area contributed by atoms with Crippen LogP contribution < -0.4 is 5.43 Å². The van der Waals surface area contributed by atoms with Crippen molar-refractivity contribution in [2.45, 2.75) is 6.10 Å². The van der Waals surface area contributed by atoms with Crippen molar-refractivity contribution >= 4 is 32.9 Å². The van der Waals surface area contributed by atoms with E-state index in [1.54, 1.807) is 0 Å². The molecular weight excluding hydrogens is 226 g/mol. The van der Waals surface area contributed by atoms with Gasteiger partial charge < -0.3 is 10.2 Å². The molecule has 0 aliphatic rings. The molecule has 0 radical (unpaired) electrons. The van der Waals surface area contributed by atoms with Gasteiger partial charge in [0.05, 0.1) is 23.0 Å². The smallest absolute Gasteiger partial charge is 0.204 e. The molecule has 2 aromatic rings. The Balaban J connectivity index is 2.07. The molecule has 6 heteroatoms. The van der Waals surface area contributed by atoms with E-state index >= 15 is 0 Å². The number of aromatic nitrogens is 1. The summed E-state index contributed by atoms with van der Waals surface area (Å²) in [6.45, 7) is -0.342. The summed E-state index contributed by atoms with van der Waals surface area (Å²) < 4.78 is 1.07. The van der Waals surface area contributed by atoms with Crippen LogP contribution in [0.15, 0.2) is 29.4 Å². The predicted molar refractivity (Wildman–Crippen MR) is 64.8 cm³/mol. The molecule has 5 nitrogen and oxygen atoms in total. The van der Waals surface area contributed by atoms with Crippen molar-refractivity contribution in [1.82, 2.24) is 4.98 Å². The number of thiazole rings is 1. The minimum absolute atomic E-state index is 0.342. The average Bonchev–Trinajstić information content (AvgIpc) is 2.71. The monoisotopic (exact) mass is 237 g/mol. The van der Waals surface area contributed by atoms with Crippen molar-refractivity contribution in [1.29, 1.82) is 0 Å². The third kappa shape index (κ3) is 2.54. The fraction of sp³-hybridized carbons (Fsp3) is 0.200. The van der Waals surface area contributed by atoms with Gasteiger partial charge in [-0.2, -0.15) is 5.10 Å². The Morgan fingerprint density at radius 2 is 2.31 bits per heavy atom. The van der Waals surface area contributed by atoms with Crippen LogP contribution >= 0.6 is 11.3 Å². The molecule has 0 aliphatic heterocycles. The zero-order valence-electron chi connectivity index (χ0n) is 8.37. The maximum Gasteiger partial charge on any atom is 0.204 e. The molecule has 3 N–H and O–H groups in total. The Morgan fingerprint density at radius 3 is 3.06 bits per heavy atom. The molecular formula is C10H11N3O2S. The van der Waals surface area contributed by atoms with E-state index in [-0.39, 0.29) is 6.61 Å². The minimum Gasteiger partial charge on any atom is -0.393 e. The zero-order valence-corrected chi connectivity index (χ0v) is 9.18. The SMILES string of the molecule is OC[C@@H](O)/C=N\Nc1nc2ccccc2s1. The molecule has 0 bridgehead atoms. The maximum absolute atomic E-state index is 9.02. The van der Waals surface area contributed by atoms with Crippen LogP contribution in [0.5, 0.6) is 0 Å². The predicted octanol–water partition coefficient (Wildman–Crippen LogP) is 1.05. The second-order valence-corrected chi connectivity index (χ2v) is 4.16. The third-order valence-electron chi connectivity index (χ3n) is 1.89. The fourth-order valence-electron chi connectivity index (χ4n) is 1.15. The van der Waals surface area contributed by atoms with Gasteiger partial charge >= 0.3 is 0 Å². The molecule has 0 unspecified atom stereocenters. The van der Waals surface area contributed by atoms with Gasteiger partial charge in [0, 0.05) is 0 Å². The average molecular weight is 237 g/mol. The number of hydrogen-bond acceptors (Lipinski definition) is 6. The van der Waals surface area contributed by atoms with E-state index in [1.807, 2.05) is 24.3 Å². The molecule has 84 valence electrons. The van der Waals surface area contributed by atoms with E-state index in [9.17, 15) is 0 Å². The van der Waals surface area contributed by atoms with Crippen LogP contribution in [-0.4, -0.2) is 34.1 Å². The van der Waals surface area contributed by atoms with E-state index in [0.717, 1.165) is 10.2 Å². The highest BCUT2D eigenvalue weighted by molar-refractivity contribution is 7.22. The van der Waals surface area contributed by atoms with Gasteiger partial charge in [0.25, 0.3) is 0 Å². The van der Waals surface area contributed by atoms with Crippen molar-refractivity contribution in [3.63, 3.8) is 0 Å². The number of nitrogens with zero attached hydrogens (tertiary/aromatic N) is 2. The van der Waals surface area contributed by atoms with Gasteiger partial charge in [0.2, 0.25) is 5.13 Å². The summed E-state index contributed by atoms with van der Waals surface area (Å²) in [4.78, 5) is 4.28. The quantitative estimate of drug-likeness (QED) is 0.548. The van der Waals surface area contributed by atoms with Crippen molar-refractivity contribution < 1.29 is 10.2 Å². The first-order valence-corrected chi connectivity index (χ1v) is 5.55. The summed E-state index contributed by atoms with van der Waals surface area (Å²) in [6, 6.07) is 7.77. The Labute approximate surface area is 96.1 Å². The number of benzene rings is 1. The summed E-state index contributed by atoms with van der Waals surface area (Å²) >= 11 is 1.48. The van der Waals surface area contributed by atoms with Gasteiger partial charge in [-0.15, -0.1) is 0 Å². The van der Waals surface area contributed by atoms with Gasteiger partial charge in [0.1, 0.15) is 6.10 Å².